The van der Waals surface area contributed by atoms with E-state index in [2.05, 4.69) is 5.32 Å². The zero-order chi connectivity index (χ0) is 33.0. The van der Waals surface area contributed by atoms with E-state index in [0.717, 1.165) is 25.7 Å². The molecule has 0 rings (SSSR count). The molecule has 0 aliphatic carbocycles. The van der Waals surface area contributed by atoms with E-state index in [1.54, 1.807) is 13.8 Å². The largest absolute Gasteiger partial charge is 0.466 e. The van der Waals surface area contributed by atoms with E-state index in [4.69, 9.17) is 23.5 Å². The van der Waals surface area contributed by atoms with Crippen molar-refractivity contribution in [2.75, 3.05) is 32.1 Å². The third-order valence-electron chi connectivity index (χ3n) is 6.40. The summed E-state index contributed by atoms with van der Waals surface area (Å²) in [6.45, 7) is 16.9. The maximum absolute atomic E-state index is 11.7. The van der Waals surface area contributed by atoms with Crippen LogP contribution in [0.2, 0.25) is 0 Å². The third kappa shape index (κ3) is 22.2. The minimum absolute atomic E-state index is 0.123. The molecule has 0 bridgehead atoms. The van der Waals surface area contributed by atoms with Gasteiger partial charge in [0.2, 0.25) is 0 Å². The highest BCUT2D eigenvalue weighted by molar-refractivity contribution is 7.85. The van der Waals surface area contributed by atoms with Crippen LogP contribution in [-0.4, -0.2) is 74.7 Å². The van der Waals surface area contributed by atoms with Crippen molar-refractivity contribution in [3.05, 3.63) is 0 Å². The van der Waals surface area contributed by atoms with Crippen molar-refractivity contribution in [1.29, 1.82) is 0 Å². The lowest BCUT2D eigenvalue weighted by atomic mass is 9.90. The smallest absolute Gasteiger partial charge is 0.407 e. The molecule has 0 aliphatic heterocycles. The van der Waals surface area contributed by atoms with Crippen molar-refractivity contribution in [1.82, 2.24) is 5.32 Å². The normalized spacial score (nSPS) is 12.0. The molecule has 0 atom stereocenters. The molecule has 0 spiro atoms. The van der Waals surface area contributed by atoms with Gasteiger partial charge < -0.3 is 24.3 Å². The molecule has 0 aromatic heterocycles. The summed E-state index contributed by atoms with van der Waals surface area (Å²) in [7, 11) is -4.16. The van der Waals surface area contributed by atoms with E-state index in [0.29, 0.717) is 38.9 Å². The molecular formula is C29H55NO11S. The van der Waals surface area contributed by atoms with Crippen molar-refractivity contribution in [3.8, 4) is 0 Å². The fraction of sp³-hybridized carbons (Fsp3) is 0.862. The van der Waals surface area contributed by atoms with Crippen LogP contribution in [0.25, 0.3) is 0 Å². The fourth-order valence-corrected chi connectivity index (χ4v) is 3.74. The Labute approximate surface area is 252 Å². The molecule has 1 amide bonds. The summed E-state index contributed by atoms with van der Waals surface area (Å²) in [5.74, 6) is -1.52. The maximum atomic E-state index is 11.7. The molecule has 0 saturated heterocycles. The van der Waals surface area contributed by atoms with E-state index >= 15 is 0 Å². The lowest BCUT2D eigenvalue weighted by Gasteiger charge is -2.29. The summed E-state index contributed by atoms with van der Waals surface area (Å²) in [5.41, 5.74) is -2.39. The molecule has 2 N–H and O–H groups in total. The van der Waals surface area contributed by atoms with E-state index < -0.39 is 44.4 Å². The molecule has 0 aliphatic rings. The Bertz CT molecular complexity index is 928. The van der Waals surface area contributed by atoms with Gasteiger partial charge in [-0.05, 0) is 80.1 Å². The first-order chi connectivity index (χ1) is 19.2. The van der Waals surface area contributed by atoms with Gasteiger partial charge in [-0.2, -0.15) is 8.42 Å². The van der Waals surface area contributed by atoms with Crippen LogP contribution in [0.1, 0.15) is 114 Å². The van der Waals surface area contributed by atoms with Gasteiger partial charge in [-0.15, -0.1) is 0 Å². The first-order valence-electron chi connectivity index (χ1n) is 14.6. The number of amides is 1. The Morgan fingerprint density at radius 3 is 1.79 bits per heavy atom. The second-order valence-electron chi connectivity index (χ2n) is 11.9. The number of carbonyl (C=O) groups is 4. The molecule has 42 heavy (non-hydrogen) atoms. The zero-order valence-corrected chi connectivity index (χ0v) is 27.9. The number of hydrogen-bond donors (Lipinski definition) is 2. The number of unbranched alkanes of at least 4 members (excludes halogenated alkanes) is 3. The van der Waals surface area contributed by atoms with Crippen LogP contribution in [0.3, 0.4) is 0 Å². The second kappa shape index (κ2) is 20.5. The standard InChI is InChI=1S/C19H35NO6.C10H20O5S/c1-5-7-13-24-16(21)11-9-8-10-14-26-18(23)20-12-15-25-17(22)19(3,4)6-2;1-6-9(2,3)8(11)15-10(4,5)7-16(12,13)14/h5-15H2,1-4H3,(H,20,23);6-7H2,1-5H3,(H,12,13,14). The van der Waals surface area contributed by atoms with Gasteiger partial charge >= 0.3 is 24.0 Å². The number of alkyl carbamates (subject to hydrolysis) is 1. The van der Waals surface area contributed by atoms with Crippen LogP contribution in [0.5, 0.6) is 0 Å². The summed E-state index contributed by atoms with van der Waals surface area (Å²) in [4.78, 5) is 46.3. The van der Waals surface area contributed by atoms with E-state index in [1.807, 2.05) is 34.6 Å². The van der Waals surface area contributed by atoms with Crippen LogP contribution in [-0.2, 0) is 43.4 Å². The molecule has 12 nitrogen and oxygen atoms in total. The Balaban J connectivity index is 0. The fourth-order valence-electron chi connectivity index (χ4n) is 2.81. The minimum atomic E-state index is -4.16. The first-order valence-corrected chi connectivity index (χ1v) is 16.3. The van der Waals surface area contributed by atoms with Gasteiger partial charge in [0.1, 0.15) is 18.0 Å². The predicted molar refractivity (Wildman–Crippen MR) is 159 cm³/mol. The zero-order valence-electron chi connectivity index (χ0n) is 27.1. The third-order valence-corrected chi connectivity index (χ3v) is 7.46. The molecule has 0 saturated carbocycles. The Kier molecular flexibility index (Phi) is 20.4. The summed E-state index contributed by atoms with van der Waals surface area (Å²) in [5, 5.41) is 2.53. The topological polar surface area (TPSA) is 172 Å². The number of rotatable bonds is 19. The lowest BCUT2D eigenvalue weighted by molar-refractivity contribution is -0.165. The molecule has 0 radical (unpaired) electrons. The molecule has 0 unspecified atom stereocenters. The van der Waals surface area contributed by atoms with Gasteiger partial charge in [0.25, 0.3) is 10.1 Å². The van der Waals surface area contributed by atoms with E-state index in [9.17, 15) is 27.6 Å². The number of ether oxygens (including phenoxy) is 4. The Morgan fingerprint density at radius 1 is 0.714 bits per heavy atom. The lowest BCUT2D eigenvalue weighted by Crippen LogP contribution is -2.40. The summed E-state index contributed by atoms with van der Waals surface area (Å²) >= 11 is 0. The van der Waals surface area contributed by atoms with Crippen molar-refractivity contribution in [3.63, 3.8) is 0 Å². The summed E-state index contributed by atoms with van der Waals surface area (Å²) < 4.78 is 50.4. The van der Waals surface area contributed by atoms with Crippen LogP contribution >= 0.6 is 0 Å². The molecule has 13 heteroatoms. The molecular weight excluding hydrogens is 570 g/mol. The molecule has 0 heterocycles. The SMILES string of the molecule is CCC(C)(C)C(=O)OC(C)(C)CS(=O)(=O)O.CCCCOC(=O)CCCCCOC(=O)NCCOC(=O)C(C)(C)CC. The predicted octanol–water partition coefficient (Wildman–Crippen LogP) is 5.23. The maximum Gasteiger partial charge on any atom is 0.407 e. The highest BCUT2D eigenvalue weighted by Gasteiger charge is 2.35. The van der Waals surface area contributed by atoms with Crippen molar-refractivity contribution in [2.24, 2.45) is 10.8 Å². The highest BCUT2D eigenvalue weighted by atomic mass is 32.2. The Hall–Kier alpha value is -2.41. The number of esters is 3. The van der Waals surface area contributed by atoms with Crippen LogP contribution in [0.4, 0.5) is 4.79 Å². The summed E-state index contributed by atoms with van der Waals surface area (Å²) in [6.07, 6.45) is 5.25. The van der Waals surface area contributed by atoms with Gasteiger partial charge in [0.05, 0.1) is 30.6 Å². The van der Waals surface area contributed by atoms with Crippen molar-refractivity contribution < 1.29 is 51.1 Å². The number of nitrogens with one attached hydrogen (secondary N) is 1. The molecule has 0 fully saturated rings. The van der Waals surface area contributed by atoms with Crippen LogP contribution in [0.15, 0.2) is 0 Å². The second-order valence-corrected chi connectivity index (χ2v) is 13.4. The van der Waals surface area contributed by atoms with Gasteiger partial charge in [-0.25, -0.2) is 4.79 Å². The summed E-state index contributed by atoms with van der Waals surface area (Å²) in [6, 6.07) is 0. The highest BCUT2D eigenvalue weighted by Crippen LogP contribution is 2.25. The van der Waals surface area contributed by atoms with Crippen molar-refractivity contribution >= 4 is 34.1 Å². The quantitative estimate of drug-likeness (QED) is 0.0833. The molecule has 0 aromatic carbocycles. The monoisotopic (exact) mass is 625 g/mol. The molecule has 0 aromatic rings. The number of carbonyl (C=O) groups excluding carboxylic acids is 4. The average Bonchev–Trinajstić information content (AvgIpc) is 2.87. The number of hydrogen-bond acceptors (Lipinski definition) is 10. The van der Waals surface area contributed by atoms with E-state index in [-0.39, 0.29) is 25.1 Å². The van der Waals surface area contributed by atoms with Gasteiger partial charge in [0, 0.05) is 6.42 Å². The average molecular weight is 626 g/mol. The van der Waals surface area contributed by atoms with Gasteiger partial charge in [0.15, 0.2) is 0 Å². The molecule has 248 valence electrons. The minimum Gasteiger partial charge on any atom is -0.466 e. The first kappa shape index (κ1) is 41.7. The van der Waals surface area contributed by atoms with Crippen LogP contribution in [0, 0.1) is 10.8 Å². The van der Waals surface area contributed by atoms with Crippen LogP contribution < -0.4 is 5.32 Å². The van der Waals surface area contributed by atoms with E-state index in [1.165, 1.54) is 13.8 Å². The van der Waals surface area contributed by atoms with Gasteiger partial charge in [-0.3, -0.25) is 18.9 Å². The Morgan fingerprint density at radius 2 is 1.26 bits per heavy atom. The van der Waals surface area contributed by atoms with Crippen molar-refractivity contribution in [2.45, 2.75) is 119 Å². The van der Waals surface area contributed by atoms with Gasteiger partial charge in [-0.1, -0.05) is 27.2 Å².